The number of fused-ring (bicyclic) bond motifs is 10. The van der Waals surface area contributed by atoms with Crippen molar-refractivity contribution >= 4 is 54.8 Å². The third-order valence-corrected chi connectivity index (χ3v) is 11.7. The molecule has 0 saturated heterocycles. The van der Waals surface area contributed by atoms with Gasteiger partial charge in [0, 0.05) is 49.3 Å². The van der Waals surface area contributed by atoms with Gasteiger partial charge in [0.2, 0.25) is 0 Å². The van der Waals surface area contributed by atoms with Gasteiger partial charge in [0.1, 0.15) is 16.8 Å². The summed E-state index contributed by atoms with van der Waals surface area (Å²) in [6.07, 6.45) is 0. The van der Waals surface area contributed by atoms with E-state index in [9.17, 15) is 0 Å². The van der Waals surface area contributed by atoms with Crippen molar-refractivity contribution in [3.8, 4) is 68.2 Å². The normalized spacial score (nSPS) is 12.1. The molecule has 7 heteroatoms. The van der Waals surface area contributed by atoms with E-state index < -0.39 is 0 Å². The van der Waals surface area contributed by atoms with Crippen LogP contribution in [-0.2, 0) is 0 Å². The second kappa shape index (κ2) is 12.6. The van der Waals surface area contributed by atoms with Gasteiger partial charge < -0.3 is 9.15 Å². The van der Waals surface area contributed by atoms with E-state index in [2.05, 4.69) is 130 Å². The summed E-state index contributed by atoms with van der Waals surface area (Å²) in [5.74, 6) is 3.47. The molecule has 7 nitrogen and oxygen atoms in total. The Morgan fingerprint density at radius 2 is 1.00 bits per heavy atom. The molecule has 13 rings (SSSR count). The average Bonchev–Trinajstić information content (AvgIpc) is 3.97. The summed E-state index contributed by atoms with van der Waals surface area (Å²) in [4.78, 5) is 15.2. The van der Waals surface area contributed by atoms with Crippen molar-refractivity contribution in [1.29, 1.82) is 0 Å². The van der Waals surface area contributed by atoms with Crippen molar-refractivity contribution in [3.63, 3.8) is 0 Å². The zero-order chi connectivity index (χ0) is 39.3. The smallest absolute Gasteiger partial charge is 0.164 e. The maximum atomic E-state index is 6.51. The van der Waals surface area contributed by atoms with Gasteiger partial charge in [0.25, 0.3) is 0 Å². The molecular weight excluding hydrogens is 739 g/mol. The van der Waals surface area contributed by atoms with Gasteiger partial charge >= 0.3 is 0 Å². The zero-order valence-corrected chi connectivity index (χ0v) is 32.0. The van der Waals surface area contributed by atoms with E-state index in [1.165, 1.54) is 5.39 Å². The van der Waals surface area contributed by atoms with E-state index in [0.29, 0.717) is 17.5 Å². The van der Waals surface area contributed by atoms with Crippen LogP contribution in [0, 0.1) is 0 Å². The summed E-state index contributed by atoms with van der Waals surface area (Å²) in [7, 11) is 0. The molecular formula is C53H31N5O2. The van der Waals surface area contributed by atoms with Crippen LogP contribution in [-0.4, -0.2) is 24.1 Å². The molecule has 0 N–H and O–H groups in total. The predicted molar refractivity (Wildman–Crippen MR) is 240 cm³/mol. The Kier molecular flexibility index (Phi) is 6.88. The highest BCUT2D eigenvalue weighted by Gasteiger charge is 2.28. The number of aromatic nitrogens is 5. The van der Waals surface area contributed by atoms with Crippen LogP contribution in [0.25, 0.3) is 111 Å². The minimum atomic E-state index is 0.580. The van der Waals surface area contributed by atoms with Gasteiger partial charge in [-0.25, -0.2) is 15.0 Å². The Balaban J connectivity index is 0.997. The molecule has 60 heavy (non-hydrogen) atoms. The van der Waals surface area contributed by atoms with Crippen molar-refractivity contribution in [1.82, 2.24) is 24.1 Å². The van der Waals surface area contributed by atoms with Crippen LogP contribution >= 0.6 is 0 Å². The number of para-hydroxylation sites is 5. The summed E-state index contributed by atoms with van der Waals surface area (Å²) in [5, 5.41) is 5.63. The zero-order valence-electron chi connectivity index (χ0n) is 32.0. The summed E-state index contributed by atoms with van der Waals surface area (Å²) in [6.45, 7) is 0. The quantitative estimate of drug-likeness (QED) is 0.174. The Morgan fingerprint density at radius 1 is 0.383 bits per heavy atom. The van der Waals surface area contributed by atoms with E-state index in [1.54, 1.807) is 0 Å². The number of hydrogen-bond acceptors (Lipinski definition) is 5. The molecule has 0 spiro atoms. The third-order valence-electron chi connectivity index (χ3n) is 11.7. The second-order valence-electron chi connectivity index (χ2n) is 15.2. The van der Waals surface area contributed by atoms with E-state index in [0.717, 1.165) is 100 Å². The molecule has 8 aromatic carbocycles. The molecule has 1 aliphatic rings. The molecule has 280 valence electrons. The molecule has 0 amide bonds. The Morgan fingerprint density at radius 3 is 1.87 bits per heavy atom. The van der Waals surface area contributed by atoms with Crippen molar-refractivity contribution < 1.29 is 9.15 Å². The van der Waals surface area contributed by atoms with Gasteiger partial charge in [-0.1, -0.05) is 121 Å². The molecule has 5 heterocycles. The summed E-state index contributed by atoms with van der Waals surface area (Å²) < 4.78 is 17.5. The molecule has 1 aliphatic heterocycles. The van der Waals surface area contributed by atoms with Crippen LogP contribution in [0.1, 0.15) is 0 Å². The van der Waals surface area contributed by atoms with Crippen molar-refractivity contribution in [3.05, 3.63) is 188 Å². The topological polar surface area (TPSA) is 70.9 Å². The molecule has 0 fully saturated rings. The largest absolute Gasteiger partial charge is 0.456 e. The molecule has 0 bridgehead atoms. The third kappa shape index (κ3) is 4.86. The predicted octanol–water partition coefficient (Wildman–Crippen LogP) is 13.6. The maximum absolute atomic E-state index is 6.51. The van der Waals surface area contributed by atoms with Crippen LogP contribution in [0.15, 0.2) is 192 Å². The van der Waals surface area contributed by atoms with Crippen molar-refractivity contribution in [2.45, 2.75) is 0 Å². The lowest BCUT2D eigenvalue weighted by atomic mass is 10.00. The van der Waals surface area contributed by atoms with E-state index in [-0.39, 0.29) is 0 Å². The number of furan rings is 1. The highest BCUT2D eigenvalue weighted by atomic mass is 16.5. The van der Waals surface area contributed by atoms with Crippen LogP contribution in [0.4, 0.5) is 0 Å². The minimum absolute atomic E-state index is 0.580. The van der Waals surface area contributed by atoms with Crippen LogP contribution < -0.4 is 4.74 Å². The van der Waals surface area contributed by atoms with Gasteiger partial charge in [0.15, 0.2) is 29.0 Å². The number of benzene rings is 8. The molecule has 0 radical (unpaired) electrons. The Labute approximate surface area is 343 Å². The first-order valence-corrected chi connectivity index (χ1v) is 20.0. The number of rotatable bonds is 5. The SMILES string of the molecule is c1ccc(-c2nc(-c3cccc(-c4ccc5c(c4)c4c6cccc7c6n(c4n5-c4ccccc4)-c4ccccc4O7)c3)nc(-c3ccc4c(c3)oc3ccccc34)n2)cc1. The first-order chi connectivity index (χ1) is 29.7. The molecule has 0 atom stereocenters. The first-order valence-electron chi connectivity index (χ1n) is 20.0. The molecule has 0 aliphatic carbocycles. The Hall–Kier alpha value is -8.29. The van der Waals surface area contributed by atoms with E-state index in [4.69, 9.17) is 24.1 Å². The number of ether oxygens (including phenoxy) is 1. The van der Waals surface area contributed by atoms with Gasteiger partial charge in [0.05, 0.1) is 16.7 Å². The highest BCUT2D eigenvalue weighted by molar-refractivity contribution is 6.24. The van der Waals surface area contributed by atoms with Crippen molar-refractivity contribution in [2.24, 2.45) is 0 Å². The monoisotopic (exact) mass is 769 g/mol. The fourth-order valence-corrected chi connectivity index (χ4v) is 9.05. The number of hydrogen-bond donors (Lipinski definition) is 0. The van der Waals surface area contributed by atoms with Gasteiger partial charge in [-0.15, -0.1) is 0 Å². The van der Waals surface area contributed by atoms with Crippen molar-refractivity contribution in [2.75, 3.05) is 0 Å². The fourth-order valence-electron chi connectivity index (χ4n) is 9.05. The molecule has 0 unspecified atom stereocenters. The Bertz CT molecular complexity index is 3690. The van der Waals surface area contributed by atoms with Crippen LogP contribution in [0.3, 0.4) is 0 Å². The van der Waals surface area contributed by atoms with Gasteiger partial charge in [-0.2, -0.15) is 0 Å². The summed E-state index contributed by atoms with van der Waals surface area (Å²) in [5.41, 5.74) is 11.9. The lowest BCUT2D eigenvalue weighted by Crippen LogP contribution is -2.06. The van der Waals surface area contributed by atoms with Crippen LogP contribution in [0.2, 0.25) is 0 Å². The molecule has 12 aromatic rings. The van der Waals surface area contributed by atoms with Crippen LogP contribution in [0.5, 0.6) is 11.5 Å². The lowest BCUT2D eigenvalue weighted by Gasteiger charge is -2.21. The van der Waals surface area contributed by atoms with E-state index >= 15 is 0 Å². The van der Waals surface area contributed by atoms with Gasteiger partial charge in [-0.05, 0) is 77.9 Å². The average molecular weight is 770 g/mol. The highest BCUT2D eigenvalue weighted by Crippen LogP contribution is 2.49. The minimum Gasteiger partial charge on any atom is -0.456 e. The van der Waals surface area contributed by atoms with Gasteiger partial charge in [-0.3, -0.25) is 9.13 Å². The standard InChI is InChI=1S/C53H31N5O2/c1-3-13-32(14-4-1)50-54-51(56-52(55-50)36-25-27-39-38-19-7-9-22-44(38)59-47(39)31-36)35-16-11-15-33(29-35)34-26-28-42-41(30-34)48-40-20-12-24-46-49(40)58(43-21-8-10-23-45(43)60-46)53(48)57(42)37-17-5-2-6-18-37/h1-31H. The summed E-state index contributed by atoms with van der Waals surface area (Å²) in [6, 6.07) is 64.9. The first kappa shape index (κ1) is 32.8. The maximum Gasteiger partial charge on any atom is 0.164 e. The molecule has 4 aromatic heterocycles. The second-order valence-corrected chi connectivity index (χ2v) is 15.2. The fraction of sp³-hybridized carbons (Fsp3) is 0. The number of nitrogens with zero attached hydrogens (tertiary/aromatic N) is 5. The summed E-state index contributed by atoms with van der Waals surface area (Å²) >= 11 is 0. The van der Waals surface area contributed by atoms with E-state index in [1.807, 2.05) is 66.7 Å². The molecule has 0 saturated carbocycles. The lowest BCUT2D eigenvalue weighted by molar-refractivity contribution is 0.476.